The lowest BCUT2D eigenvalue weighted by Crippen LogP contribution is -1.95. The van der Waals surface area contributed by atoms with Crippen LogP contribution >= 0.6 is 11.3 Å². The third-order valence-corrected chi connectivity index (χ3v) is 3.74. The summed E-state index contributed by atoms with van der Waals surface area (Å²) in [6.07, 6.45) is 1.17. The topological polar surface area (TPSA) is 105 Å². The van der Waals surface area contributed by atoms with Gasteiger partial charge >= 0.3 is 0 Å². The average molecular weight is 326 g/mol. The predicted molar refractivity (Wildman–Crippen MR) is 89.3 cm³/mol. The van der Waals surface area contributed by atoms with Gasteiger partial charge in [0, 0.05) is 6.07 Å². The Bertz CT molecular complexity index is 872. The molecule has 1 N–H and O–H groups in total. The second-order valence-corrected chi connectivity index (χ2v) is 5.32. The van der Waals surface area contributed by atoms with Crippen LogP contribution in [0.1, 0.15) is 0 Å². The van der Waals surface area contributed by atoms with Crippen molar-refractivity contribution in [3.8, 4) is 0 Å². The van der Waals surface area contributed by atoms with Crippen LogP contribution in [0.4, 0.5) is 16.5 Å². The number of hydrogen-bond donors (Lipinski definition) is 1. The number of azo groups is 1. The lowest BCUT2D eigenvalue weighted by atomic mass is 10.3. The highest BCUT2D eigenvalue weighted by atomic mass is 32.1. The number of hydrogen-bond acceptors (Lipinski definition) is 7. The summed E-state index contributed by atoms with van der Waals surface area (Å²) in [6, 6.07) is 13.9. The van der Waals surface area contributed by atoms with Crippen LogP contribution in [0, 0.1) is 10.1 Å². The first-order valence-electron chi connectivity index (χ1n) is 6.51. The maximum absolute atomic E-state index is 10.8. The fourth-order valence-corrected chi connectivity index (χ4v) is 2.62. The molecule has 0 bridgehead atoms. The third kappa shape index (κ3) is 3.52. The van der Waals surface area contributed by atoms with E-state index in [1.54, 1.807) is 18.2 Å². The molecule has 9 heteroatoms. The number of hydrazone groups is 1. The normalized spacial score (nSPS) is 11.5. The molecule has 0 radical (unpaired) electrons. The quantitative estimate of drug-likeness (QED) is 0.247. The first-order valence-corrected chi connectivity index (χ1v) is 7.33. The van der Waals surface area contributed by atoms with Gasteiger partial charge in [-0.2, -0.15) is 5.10 Å². The first kappa shape index (κ1) is 14.7. The van der Waals surface area contributed by atoms with Crippen LogP contribution in [-0.2, 0) is 0 Å². The van der Waals surface area contributed by atoms with Crippen LogP contribution < -0.4 is 5.43 Å². The molecular weight excluding hydrogens is 316 g/mol. The number of nitrogens with one attached hydrogen (secondary N) is 1. The summed E-state index contributed by atoms with van der Waals surface area (Å²) < 4.78 is 1.02. The predicted octanol–water partition coefficient (Wildman–Crippen LogP) is 4.34. The number of anilines is 1. The van der Waals surface area contributed by atoms with Crippen molar-refractivity contribution < 1.29 is 4.92 Å². The van der Waals surface area contributed by atoms with E-state index in [1.165, 1.54) is 23.7 Å². The molecule has 23 heavy (non-hydrogen) atoms. The molecule has 3 rings (SSSR count). The summed E-state index contributed by atoms with van der Waals surface area (Å²) in [5, 5.41) is 22.9. The van der Waals surface area contributed by atoms with Gasteiger partial charge < -0.3 is 0 Å². The zero-order valence-electron chi connectivity index (χ0n) is 11.7. The number of benzene rings is 2. The number of fused-ring (bicyclic) bond motifs is 1. The maximum atomic E-state index is 10.8. The highest BCUT2D eigenvalue weighted by Crippen LogP contribution is 2.27. The molecule has 1 heterocycles. The van der Waals surface area contributed by atoms with Crippen molar-refractivity contribution in [3.05, 3.63) is 58.6 Å². The van der Waals surface area contributed by atoms with Crippen molar-refractivity contribution in [3.63, 3.8) is 0 Å². The van der Waals surface area contributed by atoms with Gasteiger partial charge in [-0.05, 0) is 18.2 Å². The minimum absolute atomic E-state index is 0.0623. The van der Waals surface area contributed by atoms with Crippen LogP contribution in [0.25, 0.3) is 10.2 Å². The number of nitro groups is 1. The van der Waals surface area contributed by atoms with E-state index in [4.69, 9.17) is 0 Å². The van der Waals surface area contributed by atoms with Gasteiger partial charge in [0.25, 0.3) is 5.69 Å². The van der Waals surface area contributed by atoms with Crippen molar-refractivity contribution in [1.82, 2.24) is 4.98 Å². The fourth-order valence-electron chi connectivity index (χ4n) is 1.83. The number of nitro benzene ring substituents is 1. The standard InChI is InChI=1S/C14H10N6O2S/c21-20(22)12-7-3-1-5-10(12)18-15-9-16-19-14-17-11-6-2-4-8-13(11)23-14/h1-9,18H. The summed E-state index contributed by atoms with van der Waals surface area (Å²) in [5.74, 6) is 0. The molecule has 0 amide bonds. The first-order chi connectivity index (χ1) is 11.2. The minimum atomic E-state index is -0.486. The fraction of sp³-hybridized carbons (Fsp3) is 0. The van der Waals surface area contributed by atoms with Crippen molar-refractivity contribution in [2.75, 3.05) is 5.43 Å². The molecule has 0 unspecified atom stereocenters. The minimum Gasteiger partial charge on any atom is -0.270 e. The van der Waals surface area contributed by atoms with Gasteiger partial charge in [0.2, 0.25) is 5.13 Å². The van der Waals surface area contributed by atoms with Crippen molar-refractivity contribution in [2.24, 2.45) is 15.3 Å². The number of para-hydroxylation sites is 3. The van der Waals surface area contributed by atoms with Gasteiger partial charge in [-0.15, -0.1) is 10.2 Å². The molecule has 2 aromatic carbocycles. The molecule has 0 aliphatic carbocycles. The highest BCUT2D eigenvalue weighted by molar-refractivity contribution is 7.21. The van der Waals surface area contributed by atoms with Crippen LogP contribution in [0.2, 0.25) is 0 Å². The van der Waals surface area contributed by atoms with E-state index in [0.29, 0.717) is 5.13 Å². The average Bonchev–Trinajstić information content (AvgIpc) is 2.97. The Labute approximate surface area is 134 Å². The number of thiazole rings is 1. The molecule has 0 saturated heterocycles. The lowest BCUT2D eigenvalue weighted by molar-refractivity contribution is -0.384. The van der Waals surface area contributed by atoms with Gasteiger partial charge in [-0.1, -0.05) is 35.6 Å². The summed E-state index contributed by atoms with van der Waals surface area (Å²) in [6.45, 7) is 0. The van der Waals surface area contributed by atoms with Gasteiger partial charge in [-0.3, -0.25) is 15.5 Å². The highest BCUT2D eigenvalue weighted by Gasteiger charge is 2.10. The lowest BCUT2D eigenvalue weighted by Gasteiger charge is -1.99. The Morgan fingerprint density at radius 3 is 2.78 bits per heavy atom. The zero-order chi connectivity index (χ0) is 16.1. The molecule has 114 valence electrons. The second kappa shape index (κ2) is 6.71. The Hall–Kier alpha value is -3.20. The van der Waals surface area contributed by atoms with E-state index in [1.807, 2.05) is 24.3 Å². The third-order valence-electron chi connectivity index (χ3n) is 2.82. The molecule has 0 aliphatic rings. The maximum Gasteiger partial charge on any atom is 0.294 e. The molecule has 3 aromatic rings. The van der Waals surface area contributed by atoms with Crippen molar-refractivity contribution in [2.45, 2.75) is 0 Å². The molecular formula is C14H10N6O2S. The number of aromatic nitrogens is 1. The van der Waals surface area contributed by atoms with E-state index in [-0.39, 0.29) is 11.4 Å². The van der Waals surface area contributed by atoms with Gasteiger partial charge in [0.1, 0.15) is 5.69 Å². The van der Waals surface area contributed by atoms with E-state index in [0.717, 1.165) is 10.2 Å². The summed E-state index contributed by atoms with van der Waals surface area (Å²) in [7, 11) is 0. The smallest absolute Gasteiger partial charge is 0.270 e. The van der Waals surface area contributed by atoms with E-state index in [2.05, 4.69) is 25.7 Å². The van der Waals surface area contributed by atoms with Crippen LogP contribution in [0.3, 0.4) is 0 Å². The van der Waals surface area contributed by atoms with E-state index in [9.17, 15) is 10.1 Å². The summed E-state index contributed by atoms with van der Waals surface area (Å²) >= 11 is 1.42. The molecule has 0 atom stereocenters. The van der Waals surface area contributed by atoms with Gasteiger partial charge in [0.15, 0.2) is 6.34 Å². The van der Waals surface area contributed by atoms with Crippen molar-refractivity contribution >= 4 is 44.4 Å². The summed E-state index contributed by atoms with van der Waals surface area (Å²) in [5.41, 5.74) is 3.65. The van der Waals surface area contributed by atoms with Crippen LogP contribution in [0.15, 0.2) is 63.9 Å². The zero-order valence-corrected chi connectivity index (χ0v) is 12.5. The molecule has 0 aliphatic heterocycles. The number of rotatable bonds is 5. The van der Waals surface area contributed by atoms with Gasteiger partial charge in [0.05, 0.1) is 15.1 Å². The Morgan fingerprint density at radius 2 is 1.96 bits per heavy atom. The monoisotopic (exact) mass is 326 g/mol. The second-order valence-electron chi connectivity index (χ2n) is 4.31. The molecule has 0 spiro atoms. The SMILES string of the molecule is O=[N+]([O-])c1ccccc1NN=CN=Nc1nc2ccccc2s1. The largest absolute Gasteiger partial charge is 0.294 e. The van der Waals surface area contributed by atoms with E-state index >= 15 is 0 Å². The Kier molecular flexibility index (Phi) is 4.29. The molecule has 8 nitrogen and oxygen atoms in total. The number of nitrogens with zero attached hydrogens (tertiary/aromatic N) is 5. The van der Waals surface area contributed by atoms with Gasteiger partial charge in [-0.25, -0.2) is 4.98 Å². The summed E-state index contributed by atoms with van der Waals surface area (Å²) in [4.78, 5) is 14.7. The van der Waals surface area contributed by atoms with E-state index < -0.39 is 4.92 Å². The Balaban J connectivity index is 1.66. The molecule has 0 fully saturated rings. The van der Waals surface area contributed by atoms with Crippen LogP contribution in [-0.4, -0.2) is 16.2 Å². The Morgan fingerprint density at radius 1 is 1.17 bits per heavy atom. The molecule has 0 saturated carbocycles. The van der Waals surface area contributed by atoms with Crippen molar-refractivity contribution in [1.29, 1.82) is 0 Å². The van der Waals surface area contributed by atoms with Crippen LogP contribution in [0.5, 0.6) is 0 Å². The molecule has 1 aromatic heterocycles.